The molecule has 25 heavy (non-hydrogen) atoms. The molecule has 2 aromatic carbocycles. The van der Waals surface area contributed by atoms with Gasteiger partial charge >= 0.3 is 0 Å². The number of fused-ring (bicyclic) bond motifs is 1. The van der Waals surface area contributed by atoms with Crippen molar-refractivity contribution in [2.75, 3.05) is 31.6 Å². The van der Waals surface area contributed by atoms with Crippen LogP contribution in [0.3, 0.4) is 0 Å². The molecule has 1 saturated heterocycles. The fourth-order valence-electron chi connectivity index (χ4n) is 3.74. The summed E-state index contributed by atoms with van der Waals surface area (Å²) in [5, 5.41) is 2.99. The minimum atomic E-state index is 0.0608. The first kappa shape index (κ1) is 16.0. The third-order valence-corrected chi connectivity index (χ3v) is 4.90. The first-order valence-electron chi connectivity index (χ1n) is 8.88. The maximum Gasteiger partial charge on any atom is 0.279 e. The summed E-state index contributed by atoms with van der Waals surface area (Å²) in [6.07, 6.45) is 2.22. The first-order valence-corrected chi connectivity index (χ1v) is 8.88. The third-order valence-electron chi connectivity index (χ3n) is 4.90. The SMILES string of the molecule is O=C(C[NH+]1CCC[C@H]1c1ccc2c(c1)OCCO2)Nc1ccccc1. The molecule has 2 atom stereocenters. The van der Waals surface area contributed by atoms with E-state index >= 15 is 0 Å². The smallest absolute Gasteiger partial charge is 0.279 e. The van der Waals surface area contributed by atoms with E-state index in [0.717, 1.165) is 36.6 Å². The van der Waals surface area contributed by atoms with Gasteiger partial charge in [0.15, 0.2) is 18.0 Å². The number of hydrogen-bond donors (Lipinski definition) is 2. The molecule has 2 N–H and O–H groups in total. The monoisotopic (exact) mass is 339 g/mol. The quantitative estimate of drug-likeness (QED) is 0.893. The Balaban J connectivity index is 1.44. The van der Waals surface area contributed by atoms with Crippen LogP contribution in [-0.2, 0) is 4.79 Å². The molecule has 1 amide bonds. The summed E-state index contributed by atoms with van der Waals surface area (Å²) in [6, 6.07) is 16.1. The predicted molar refractivity (Wildman–Crippen MR) is 95.2 cm³/mol. The maximum atomic E-state index is 12.4. The number of hydrogen-bond acceptors (Lipinski definition) is 3. The highest BCUT2D eigenvalue weighted by molar-refractivity contribution is 5.91. The zero-order valence-electron chi connectivity index (χ0n) is 14.2. The summed E-state index contributed by atoms with van der Waals surface area (Å²) in [4.78, 5) is 13.7. The number of benzene rings is 2. The Morgan fingerprint density at radius 2 is 1.88 bits per heavy atom. The van der Waals surface area contributed by atoms with Crippen LogP contribution in [0.15, 0.2) is 48.5 Å². The lowest BCUT2D eigenvalue weighted by molar-refractivity contribution is -0.910. The average Bonchev–Trinajstić information content (AvgIpc) is 3.10. The number of carbonyl (C=O) groups is 1. The van der Waals surface area contributed by atoms with Crippen molar-refractivity contribution in [2.24, 2.45) is 0 Å². The van der Waals surface area contributed by atoms with E-state index in [1.54, 1.807) is 0 Å². The fourth-order valence-corrected chi connectivity index (χ4v) is 3.74. The lowest BCUT2D eigenvalue weighted by atomic mass is 10.0. The summed E-state index contributed by atoms with van der Waals surface area (Å²) in [5.41, 5.74) is 2.08. The Bertz CT molecular complexity index is 748. The maximum absolute atomic E-state index is 12.4. The number of para-hydroxylation sites is 1. The van der Waals surface area contributed by atoms with E-state index in [1.165, 1.54) is 10.5 Å². The highest BCUT2D eigenvalue weighted by Crippen LogP contribution is 2.33. The van der Waals surface area contributed by atoms with Gasteiger partial charge in [0, 0.05) is 24.1 Å². The Morgan fingerprint density at radius 3 is 2.72 bits per heavy atom. The predicted octanol–water partition coefficient (Wildman–Crippen LogP) is 1.82. The number of ether oxygens (including phenoxy) is 2. The summed E-state index contributed by atoms with van der Waals surface area (Å²) in [6.45, 7) is 2.69. The van der Waals surface area contributed by atoms with Gasteiger partial charge in [0.05, 0.1) is 6.54 Å². The summed E-state index contributed by atoms with van der Waals surface area (Å²) < 4.78 is 11.3. The van der Waals surface area contributed by atoms with Crippen molar-refractivity contribution in [2.45, 2.75) is 18.9 Å². The molecule has 130 valence electrons. The number of likely N-dealkylation sites (tertiary alicyclic amines) is 1. The van der Waals surface area contributed by atoms with Gasteiger partial charge in [-0.05, 0) is 30.3 Å². The van der Waals surface area contributed by atoms with Crippen LogP contribution < -0.4 is 19.7 Å². The highest BCUT2D eigenvalue weighted by Gasteiger charge is 2.32. The van der Waals surface area contributed by atoms with Crippen LogP contribution in [0, 0.1) is 0 Å². The van der Waals surface area contributed by atoms with E-state index < -0.39 is 0 Å². The van der Waals surface area contributed by atoms with E-state index in [2.05, 4.69) is 17.4 Å². The van der Waals surface area contributed by atoms with Crippen LogP contribution in [-0.4, -0.2) is 32.2 Å². The van der Waals surface area contributed by atoms with Crippen molar-refractivity contribution in [3.63, 3.8) is 0 Å². The van der Waals surface area contributed by atoms with Crippen LogP contribution in [0.4, 0.5) is 5.69 Å². The number of rotatable bonds is 4. The van der Waals surface area contributed by atoms with E-state index in [9.17, 15) is 4.79 Å². The molecule has 2 aromatic rings. The second-order valence-electron chi connectivity index (χ2n) is 6.60. The minimum Gasteiger partial charge on any atom is -0.486 e. The van der Waals surface area contributed by atoms with Gasteiger partial charge in [-0.1, -0.05) is 18.2 Å². The molecule has 0 radical (unpaired) electrons. The van der Waals surface area contributed by atoms with Gasteiger partial charge in [-0.15, -0.1) is 0 Å². The van der Waals surface area contributed by atoms with E-state index in [0.29, 0.717) is 25.8 Å². The van der Waals surface area contributed by atoms with Crippen molar-refractivity contribution in [1.29, 1.82) is 0 Å². The molecule has 4 rings (SSSR count). The average molecular weight is 339 g/mol. The van der Waals surface area contributed by atoms with Crippen molar-refractivity contribution < 1.29 is 19.2 Å². The van der Waals surface area contributed by atoms with Gasteiger partial charge in [-0.25, -0.2) is 0 Å². The fraction of sp³-hybridized carbons (Fsp3) is 0.350. The molecule has 5 nitrogen and oxygen atoms in total. The van der Waals surface area contributed by atoms with Gasteiger partial charge in [0.1, 0.15) is 19.3 Å². The lowest BCUT2D eigenvalue weighted by Gasteiger charge is -2.24. The molecule has 0 aromatic heterocycles. The molecule has 0 saturated carbocycles. The van der Waals surface area contributed by atoms with Crippen LogP contribution in [0.2, 0.25) is 0 Å². The first-order chi connectivity index (χ1) is 12.3. The number of carbonyl (C=O) groups excluding carboxylic acids is 1. The van der Waals surface area contributed by atoms with Gasteiger partial charge in [-0.3, -0.25) is 4.79 Å². The topological polar surface area (TPSA) is 52.0 Å². The Kier molecular flexibility index (Phi) is 4.57. The zero-order valence-corrected chi connectivity index (χ0v) is 14.2. The van der Waals surface area contributed by atoms with E-state index in [-0.39, 0.29) is 5.91 Å². The molecule has 2 heterocycles. The molecule has 5 heteroatoms. The zero-order chi connectivity index (χ0) is 17.1. The lowest BCUT2D eigenvalue weighted by Crippen LogP contribution is -3.11. The van der Waals surface area contributed by atoms with Crippen LogP contribution in [0.5, 0.6) is 11.5 Å². The highest BCUT2D eigenvalue weighted by atomic mass is 16.6. The largest absolute Gasteiger partial charge is 0.486 e. The molecule has 0 aliphatic carbocycles. The second-order valence-corrected chi connectivity index (χ2v) is 6.60. The van der Waals surface area contributed by atoms with Gasteiger partial charge in [0.2, 0.25) is 0 Å². The van der Waals surface area contributed by atoms with Gasteiger partial charge in [-0.2, -0.15) is 0 Å². The number of anilines is 1. The molecule has 2 aliphatic heterocycles. The Morgan fingerprint density at radius 1 is 1.08 bits per heavy atom. The van der Waals surface area contributed by atoms with Crippen LogP contribution in [0.25, 0.3) is 0 Å². The standard InChI is InChI=1S/C20H22N2O3/c23-20(21-16-5-2-1-3-6-16)14-22-10-4-7-17(22)15-8-9-18-19(13-15)25-12-11-24-18/h1-3,5-6,8-9,13,17H,4,7,10-12,14H2,(H,21,23)/p+1/t17-/m0/s1. The number of amides is 1. The molecule has 0 bridgehead atoms. The molecule has 1 unspecified atom stereocenters. The molecule has 0 spiro atoms. The van der Waals surface area contributed by atoms with Gasteiger partial charge < -0.3 is 19.7 Å². The molecular formula is C20H23N2O3+. The van der Waals surface area contributed by atoms with E-state index in [4.69, 9.17) is 9.47 Å². The van der Waals surface area contributed by atoms with E-state index in [1.807, 2.05) is 36.4 Å². The second kappa shape index (κ2) is 7.15. The summed E-state index contributed by atoms with van der Waals surface area (Å²) >= 11 is 0. The van der Waals surface area contributed by atoms with Crippen LogP contribution >= 0.6 is 0 Å². The van der Waals surface area contributed by atoms with Crippen molar-refractivity contribution in [3.8, 4) is 11.5 Å². The number of nitrogens with one attached hydrogen (secondary N) is 2. The number of quaternary nitrogens is 1. The molecule has 2 aliphatic rings. The minimum absolute atomic E-state index is 0.0608. The molecule has 1 fully saturated rings. The van der Waals surface area contributed by atoms with Crippen molar-refractivity contribution in [3.05, 3.63) is 54.1 Å². The molecular weight excluding hydrogens is 316 g/mol. The normalized spacial score (nSPS) is 21.8. The summed E-state index contributed by atoms with van der Waals surface area (Å²) in [5.74, 6) is 1.70. The van der Waals surface area contributed by atoms with Gasteiger partial charge in [0.25, 0.3) is 5.91 Å². The Hall–Kier alpha value is -2.53. The Labute approximate surface area is 147 Å². The van der Waals surface area contributed by atoms with Crippen molar-refractivity contribution in [1.82, 2.24) is 0 Å². The summed E-state index contributed by atoms with van der Waals surface area (Å²) in [7, 11) is 0. The third kappa shape index (κ3) is 3.61. The van der Waals surface area contributed by atoms with Crippen LogP contribution in [0.1, 0.15) is 24.4 Å². The van der Waals surface area contributed by atoms with Crippen molar-refractivity contribution >= 4 is 11.6 Å².